The number of carbonyl (C=O) groups excluding carboxylic acids is 1. The number of nitrogens with two attached hydrogens (primary N) is 1. The van der Waals surface area contributed by atoms with Crippen molar-refractivity contribution in [3.63, 3.8) is 0 Å². The van der Waals surface area contributed by atoms with Crippen LogP contribution in [0.4, 0.5) is 13.2 Å². The molecule has 0 unspecified atom stereocenters. The lowest BCUT2D eigenvalue weighted by atomic mass is 10.2. The molecule has 0 aliphatic heterocycles. The predicted octanol–water partition coefficient (Wildman–Crippen LogP) is 2.48. The number of furan rings is 1. The van der Waals surface area contributed by atoms with Gasteiger partial charge in [0, 0.05) is 0 Å². The summed E-state index contributed by atoms with van der Waals surface area (Å²) < 4.78 is 47.5. The van der Waals surface area contributed by atoms with Gasteiger partial charge < -0.3 is 9.15 Å². The highest BCUT2D eigenvalue weighted by molar-refractivity contribution is 5.93. The second-order valence-electron chi connectivity index (χ2n) is 4.09. The van der Waals surface area contributed by atoms with Crippen LogP contribution in [0, 0.1) is 0 Å². The van der Waals surface area contributed by atoms with Gasteiger partial charge in [-0.1, -0.05) is 0 Å². The number of hydrogen-bond donors (Lipinski definition) is 2. The third-order valence-electron chi connectivity index (χ3n) is 2.61. The lowest BCUT2D eigenvalue weighted by Gasteiger charge is -2.08. The zero-order valence-electron chi connectivity index (χ0n) is 10.6. The Labute approximate surface area is 117 Å². The fourth-order valence-corrected chi connectivity index (χ4v) is 1.55. The smallest absolute Gasteiger partial charge is 0.416 e. The summed E-state index contributed by atoms with van der Waals surface area (Å²) in [5, 5.41) is 0. The van der Waals surface area contributed by atoms with Crippen LogP contribution in [-0.4, -0.2) is 5.91 Å². The van der Waals surface area contributed by atoms with Crippen molar-refractivity contribution in [2.45, 2.75) is 12.8 Å². The summed E-state index contributed by atoms with van der Waals surface area (Å²) in [5.41, 5.74) is 1.41. The maximum Gasteiger partial charge on any atom is 0.416 e. The van der Waals surface area contributed by atoms with Gasteiger partial charge in [0.05, 0.1) is 11.1 Å². The van der Waals surface area contributed by atoms with Crippen LogP contribution in [0.2, 0.25) is 0 Å². The third-order valence-corrected chi connectivity index (χ3v) is 2.61. The van der Waals surface area contributed by atoms with Gasteiger partial charge in [-0.25, -0.2) is 5.84 Å². The molecule has 2 aromatic rings. The van der Waals surface area contributed by atoms with E-state index in [9.17, 15) is 18.0 Å². The monoisotopic (exact) mass is 300 g/mol. The summed E-state index contributed by atoms with van der Waals surface area (Å²) in [5.74, 6) is 5.04. The predicted molar refractivity (Wildman–Crippen MR) is 66.1 cm³/mol. The first kappa shape index (κ1) is 14.9. The van der Waals surface area contributed by atoms with Gasteiger partial charge in [0.2, 0.25) is 0 Å². The fraction of sp³-hybridized carbons (Fsp3) is 0.154. The number of alkyl halides is 3. The molecule has 0 radical (unpaired) electrons. The van der Waals surface area contributed by atoms with Crippen molar-refractivity contribution in [2.24, 2.45) is 5.84 Å². The lowest BCUT2D eigenvalue weighted by Crippen LogP contribution is -2.29. The Hall–Kier alpha value is -2.48. The molecule has 0 saturated heterocycles. The molecule has 1 heterocycles. The third kappa shape index (κ3) is 3.76. The number of halogens is 3. The number of hydrogen-bond acceptors (Lipinski definition) is 4. The van der Waals surface area contributed by atoms with Gasteiger partial charge in [0.15, 0.2) is 0 Å². The molecule has 0 saturated carbocycles. The van der Waals surface area contributed by atoms with Gasteiger partial charge in [0.25, 0.3) is 5.91 Å². The Morgan fingerprint density at radius 1 is 1.29 bits per heavy atom. The second-order valence-corrected chi connectivity index (χ2v) is 4.09. The van der Waals surface area contributed by atoms with Crippen molar-refractivity contribution in [1.82, 2.24) is 5.43 Å². The Morgan fingerprint density at radius 3 is 2.52 bits per heavy atom. The number of rotatable bonds is 4. The van der Waals surface area contributed by atoms with Gasteiger partial charge in [-0.05, 0) is 30.3 Å². The zero-order valence-corrected chi connectivity index (χ0v) is 10.6. The molecule has 3 N–H and O–H groups in total. The summed E-state index contributed by atoms with van der Waals surface area (Å²) in [7, 11) is 0. The van der Waals surface area contributed by atoms with Crippen LogP contribution < -0.4 is 16.0 Å². The van der Waals surface area contributed by atoms with Gasteiger partial charge in [0.1, 0.15) is 24.4 Å². The quantitative estimate of drug-likeness (QED) is 0.516. The molecule has 21 heavy (non-hydrogen) atoms. The van der Waals surface area contributed by atoms with Crippen molar-refractivity contribution in [2.75, 3.05) is 0 Å². The van der Waals surface area contributed by atoms with Gasteiger partial charge in [-0.15, -0.1) is 0 Å². The lowest BCUT2D eigenvalue weighted by molar-refractivity contribution is -0.137. The number of nitrogen functional groups attached to an aromatic ring is 1. The Bertz CT molecular complexity index is 620. The van der Waals surface area contributed by atoms with Crippen LogP contribution in [0.25, 0.3) is 0 Å². The summed E-state index contributed by atoms with van der Waals surface area (Å²) in [4.78, 5) is 11.2. The van der Waals surface area contributed by atoms with E-state index in [4.69, 9.17) is 15.0 Å². The van der Waals surface area contributed by atoms with Crippen molar-refractivity contribution in [3.8, 4) is 5.75 Å². The molecule has 2 rings (SSSR count). The number of ether oxygens (including phenoxy) is 1. The Morgan fingerprint density at radius 2 is 1.95 bits per heavy atom. The fourth-order valence-electron chi connectivity index (χ4n) is 1.55. The standard InChI is InChI=1S/C13H11F3N2O3/c14-13(15,16)9-1-3-10(4-2-9)21-7-11-5-8(6-20-11)12(19)18-17/h1-6H,7,17H2,(H,18,19). The van der Waals surface area contributed by atoms with E-state index in [0.717, 1.165) is 12.1 Å². The largest absolute Gasteiger partial charge is 0.486 e. The molecule has 0 bridgehead atoms. The maximum absolute atomic E-state index is 12.4. The SMILES string of the molecule is NNC(=O)c1coc(COc2ccc(C(F)(F)F)cc2)c1. The van der Waals surface area contributed by atoms with E-state index < -0.39 is 17.6 Å². The maximum atomic E-state index is 12.4. The minimum atomic E-state index is -4.38. The molecule has 0 atom stereocenters. The molecule has 0 fully saturated rings. The number of hydrazine groups is 1. The Kier molecular flexibility index (Phi) is 4.18. The number of carbonyl (C=O) groups is 1. The molecule has 0 aliphatic carbocycles. The van der Waals surface area contributed by atoms with E-state index in [0.29, 0.717) is 5.76 Å². The van der Waals surface area contributed by atoms with Crippen molar-refractivity contribution < 1.29 is 27.1 Å². The van der Waals surface area contributed by atoms with E-state index in [1.165, 1.54) is 24.5 Å². The summed E-state index contributed by atoms with van der Waals surface area (Å²) >= 11 is 0. The van der Waals surface area contributed by atoms with Crippen LogP contribution in [0.5, 0.6) is 5.75 Å². The van der Waals surface area contributed by atoms with E-state index in [-0.39, 0.29) is 17.9 Å². The normalized spacial score (nSPS) is 11.2. The first-order valence-electron chi connectivity index (χ1n) is 5.78. The van der Waals surface area contributed by atoms with Crippen LogP contribution >= 0.6 is 0 Å². The molecule has 5 nitrogen and oxygen atoms in total. The summed E-state index contributed by atoms with van der Waals surface area (Å²) in [6.07, 6.45) is -3.18. The van der Waals surface area contributed by atoms with E-state index in [1.54, 1.807) is 0 Å². The van der Waals surface area contributed by atoms with Gasteiger partial charge in [-0.2, -0.15) is 13.2 Å². The first-order valence-corrected chi connectivity index (χ1v) is 5.78. The minimum Gasteiger partial charge on any atom is -0.486 e. The summed E-state index contributed by atoms with van der Waals surface area (Å²) in [6.45, 7) is -0.0246. The molecular formula is C13H11F3N2O3. The van der Waals surface area contributed by atoms with Crippen molar-refractivity contribution in [3.05, 3.63) is 53.5 Å². The molecule has 0 spiro atoms. The average Bonchev–Trinajstić information content (AvgIpc) is 2.92. The highest BCUT2D eigenvalue weighted by atomic mass is 19.4. The number of benzene rings is 1. The van der Waals surface area contributed by atoms with E-state index in [2.05, 4.69) is 0 Å². The second kappa shape index (κ2) is 5.88. The van der Waals surface area contributed by atoms with Crippen LogP contribution in [0.1, 0.15) is 21.7 Å². The van der Waals surface area contributed by atoms with Gasteiger partial charge >= 0.3 is 6.18 Å². The zero-order chi connectivity index (χ0) is 15.5. The van der Waals surface area contributed by atoms with Crippen LogP contribution in [-0.2, 0) is 12.8 Å². The summed E-state index contributed by atoms with van der Waals surface area (Å²) in [6, 6.07) is 5.68. The highest BCUT2D eigenvalue weighted by Crippen LogP contribution is 2.30. The number of nitrogens with one attached hydrogen (secondary N) is 1. The van der Waals surface area contributed by atoms with Crippen molar-refractivity contribution in [1.29, 1.82) is 0 Å². The van der Waals surface area contributed by atoms with Crippen LogP contribution in [0.3, 0.4) is 0 Å². The molecular weight excluding hydrogens is 289 g/mol. The molecule has 0 aliphatic rings. The van der Waals surface area contributed by atoms with Crippen molar-refractivity contribution >= 4 is 5.91 Å². The molecule has 112 valence electrons. The number of amides is 1. The molecule has 1 aromatic heterocycles. The molecule has 8 heteroatoms. The molecule has 1 aromatic carbocycles. The highest BCUT2D eigenvalue weighted by Gasteiger charge is 2.30. The first-order chi connectivity index (χ1) is 9.90. The average molecular weight is 300 g/mol. The minimum absolute atomic E-state index is 0.0246. The van der Waals surface area contributed by atoms with E-state index >= 15 is 0 Å². The van der Waals surface area contributed by atoms with Gasteiger partial charge in [-0.3, -0.25) is 10.2 Å². The topological polar surface area (TPSA) is 77.5 Å². The Balaban J connectivity index is 1.97. The van der Waals surface area contributed by atoms with Crippen LogP contribution in [0.15, 0.2) is 41.0 Å². The van der Waals surface area contributed by atoms with E-state index in [1.807, 2.05) is 5.43 Å². The molecule has 1 amide bonds.